The van der Waals surface area contributed by atoms with E-state index in [1.165, 1.54) is 35.6 Å². The average Bonchev–Trinajstić information content (AvgIpc) is 4.12. The summed E-state index contributed by atoms with van der Waals surface area (Å²) in [5.41, 5.74) is 1.77. The van der Waals surface area contributed by atoms with E-state index in [0.717, 1.165) is 8.58 Å². The predicted octanol–water partition coefficient (Wildman–Crippen LogP) is 3.36. The van der Waals surface area contributed by atoms with Crippen molar-refractivity contribution in [3.63, 3.8) is 0 Å². The number of benzene rings is 3. The van der Waals surface area contributed by atoms with Crippen molar-refractivity contribution >= 4 is 86.4 Å². The highest BCUT2D eigenvalue weighted by Crippen LogP contribution is 2.38. The topological polar surface area (TPSA) is 365 Å². The summed E-state index contributed by atoms with van der Waals surface area (Å²) in [5.74, 6) is -6.94. The zero-order chi connectivity index (χ0) is 58.0. The van der Waals surface area contributed by atoms with E-state index >= 15 is 0 Å². The molecule has 3 aromatic carbocycles. The number of carbonyl (C=O) groups excluding carboxylic acids is 6. The number of hydrogen-bond donors (Lipinski definition) is 10. The van der Waals surface area contributed by atoms with Crippen molar-refractivity contribution in [1.29, 1.82) is 0 Å². The van der Waals surface area contributed by atoms with E-state index in [0.29, 0.717) is 59.7 Å². The lowest BCUT2D eigenvalue weighted by atomic mass is 9.73. The molecule has 2 aromatic heterocycles. The summed E-state index contributed by atoms with van der Waals surface area (Å²) in [5, 5.41) is 72.3. The number of carboxylic acids is 2. The number of unbranched alkanes of at least 4 members (excludes halogenated alkanes) is 1. The summed E-state index contributed by atoms with van der Waals surface area (Å²) in [6.07, 6.45) is 2.12. The minimum Gasteiger partial charge on any atom is -0.508 e. The summed E-state index contributed by atoms with van der Waals surface area (Å²) < 4.78 is 13.7. The number of nitrogens with one attached hydrogen (secondary N) is 6. The van der Waals surface area contributed by atoms with E-state index in [-0.39, 0.29) is 88.5 Å². The minimum atomic E-state index is -1.86. The maximum atomic E-state index is 13.5. The Hall–Kier alpha value is -7.63. The largest absolute Gasteiger partial charge is 0.508 e. The molecule has 0 saturated heterocycles. The molecule has 430 valence electrons. The van der Waals surface area contributed by atoms with Gasteiger partial charge in [-0.05, 0) is 128 Å². The molecular formula is C53H66IN11O14S. The number of aliphatic carboxylic acids is 2. The number of hydrogen-bond acceptors (Lipinski definition) is 17. The van der Waals surface area contributed by atoms with Crippen molar-refractivity contribution in [2.24, 2.45) is 0 Å². The Morgan fingerprint density at radius 3 is 1.79 bits per heavy atom. The molecule has 0 aliphatic carbocycles. The number of anilines is 1. The third-order valence-corrected chi connectivity index (χ3v) is 13.9. The van der Waals surface area contributed by atoms with E-state index in [4.69, 9.17) is 9.47 Å². The van der Waals surface area contributed by atoms with Crippen LogP contribution in [-0.4, -0.2) is 151 Å². The maximum Gasteiger partial charge on any atom is 0.326 e. The van der Waals surface area contributed by atoms with Gasteiger partial charge in [0.15, 0.2) is 0 Å². The Morgan fingerprint density at radius 2 is 1.23 bits per heavy atom. The zero-order valence-electron chi connectivity index (χ0n) is 44.2. The van der Waals surface area contributed by atoms with Crippen LogP contribution in [0.5, 0.6) is 11.5 Å². The summed E-state index contributed by atoms with van der Waals surface area (Å²) in [7, 11) is 0. The highest BCUT2D eigenvalue weighted by atomic mass is 127. The highest BCUT2D eigenvalue weighted by molar-refractivity contribution is 14.1. The van der Waals surface area contributed by atoms with Crippen molar-refractivity contribution in [1.82, 2.24) is 51.8 Å². The van der Waals surface area contributed by atoms with Crippen LogP contribution in [-0.2, 0) is 61.4 Å². The number of aromatic nitrogens is 5. The number of rotatable bonds is 35. The number of halogens is 1. The van der Waals surface area contributed by atoms with Gasteiger partial charge in [-0.2, -0.15) is 0 Å². The van der Waals surface area contributed by atoms with Crippen molar-refractivity contribution in [2.75, 3.05) is 44.8 Å². The molecule has 0 saturated carbocycles. The minimum absolute atomic E-state index is 0.0188. The van der Waals surface area contributed by atoms with Gasteiger partial charge in [0.25, 0.3) is 5.91 Å². The van der Waals surface area contributed by atoms with Crippen molar-refractivity contribution in [2.45, 2.75) is 108 Å². The molecule has 0 fully saturated rings. The van der Waals surface area contributed by atoms with Gasteiger partial charge in [-0.1, -0.05) is 47.7 Å². The Bertz CT molecular complexity index is 2810. The molecular weight excluding hydrogens is 1170 g/mol. The van der Waals surface area contributed by atoms with Gasteiger partial charge in [0.1, 0.15) is 34.6 Å². The summed E-state index contributed by atoms with van der Waals surface area (Å²) in [6.45, 7) is 5.04. The number of carboxylic acid groups (broad SMARTS) is 2. The van der Waals surface area contributed by atoms with E-state index in [1.54, 1.807) is 54.2 Å². The SMILES string of the molecule is Cc1nnc(NC(=O)CCCc2cn(CCCC[C@H](NC(=O)C[C@H](NC(=O)C[C@H](NC(=O)CCC(C)(c3ccc(O)cc3)c3ccc(O)cc3)C(=O)O)C(=O)O)C(=O)NCCOCCOCCNC(=O)c3ccc(I)cc3)nn2)s1. The van der Waals surface area contributed by atoms with Crippen LogP contribution in [0.4, 0.5) is 5.13 Å². The van der Waals surface area contributed by atoms with Gasteiger partial charge in [-0.25, -0.2) is 9.59 Å². The monoisotopic (exact) mass is 1240 g/mol. The highest BCUT2D eigenvalue weighted by Gasteiger charge is 2.33. The maximum absolute atomic E-state index is 13.5. The molecule has 0 unspecified atom stereocenters. The Morgan fingerprint density at radius 1 is 0.662 bits per heavy atom. The molecule has 5 aromatic rings. The number of nitrogens with zero attached hydrogens (tertiary/aromatic N) is 5. The van der Waals surface area contributed by atoms with E-state index in [9.17, 15) is 58.8 Å². The van der Waals surface area contributed by atoms with Crippen LogP contribution < -0.4 is 31.9 Å². The number of aromatic hydroxyl groups is 2. The van der Waals surface area contributed by atoms with Crippen LogP contribution in [0.15, 0.2) is 79.0 Å². The van der Waals surface area contributed by atoms with Crippen LogP contribution in [0.3, 0.4) is 0 Å². The molecule has 2 heterocycles. The van der Waals surface area contributed by atoms with E-state index in [2.05, 4.69) is 75.0 Å². The van der Waals surface area contributed by atoms with Crippen LogP contribution in [0, 0.1) is 10.5 Å². The molecule has 0 bridgehead atoms. The molecule has 5 rings (SSSR count). The summed E-state index contributed by atoms with van der Waals surface area (Å²) in [6, 6.07) is 14.9. The van der Waals surface area contributed by atoms with Gasteiger partial charge < -0.3 is 61.8 Å². The zero-order valence-corrected chi connectivity index (χ0v) is 47.1. The molecule has 10 N–H and O–H groups in total. The molecule has 6 amide bonds. The number of carbonyl (C=O) groups is 8. The number of phenols is 2. The smallest absolute Gasteiger partial charge is 0.326 e. The lowest BCUT2D eigenvalue weighted by Crippen LogP contribution is -2.51. The second-order valence-corrected chi connectivity index (χ2v) is 21.1. The molecule has 0 aliphatic rings. The van der Waals surface area contributed by atoms with Crippen LogP contribution in [0.2, 0.25) is 0 Å². The van der Waals surface area contributed by atoms with Crippen LogP contribution in [0.1, 0.15) is 96.9 Å². The van der Waals surface area contributed by atoms with Gasteiger partial charge in [0.2, 0.25) is 34.7 Å². The lowest BCUT2D eigenvalue weighted by Gasteiger charge is -2.31. The van der Waals surface area contributed by atoms with E-state index in [1.807, 2.05) is 19.1 Å². The average molecular weight is 1240 g/mol. The number of aryl methyl sites for hydroxylation is 3. The van der Waals surface area contributed by atoms with Gasteiger partial charge in [0.05, 0.1) is 45.0 Å². The Balaban J connectivity index is 1.10. The fourth-order valence-electron chi connectivity index (χ4n) is 8.07. The molecule has 27 heteroatoms. The Labute approximate surface area is 478 Å². The first-order valence-electron chi connectivity index (χ1n) is 25.7. The lowest BCUT2D eigenvalue weighted by molar-refractivity contribution is -0.145. The fourth-order valence-corrected chi connectivity index (χ4v) is 9.03. The van der Waals surface area contributed by atoms with Crippen LogP contribution >= 0.6 is 33.9 Å². The molecule has 25 nitrogen and oxygen atoms in total. The third-order valence-electron chi connectivity index (χ3n) is 12.4. The molecule has 3 atom stereocenters. The first kappa shape index (κ1) is 63.2. The standard InChI is InChI=1S/C53H66IN11O14S/c1-33-61-63-52(80-33)60-44(68)8-5-6-38-32-65(64-62-38)25-4-3-7-41(49(73)56-24-27-79-29-28-78-26-23-55-48(72)34-9-15-37(54)16-10-34)57-46(70)31-43(51(76)77)59-47(71)30-42(50(74)75)58-45(69)21-22-53(2,35-11-17-39(66)18-12-35)36-13-19-40(67)20-14-36/h9-20,32,41-43,66-67H,3-8,21-31H2,1-2H3,(H,55,72)(H,56,73)(H,57,70)(H,58,69)(H,59,71)(H,74,75)(H,76,77)(H,60,63,68)/t41-,42-,43-/m0/s1. The second kappa shape index (κ2) is 32.4. The Kier molecular flexibility index (Phi) is 25.6. The second-order valence-electron chi connectivity index (χ2n) is 18.6. The first-order valence-corrected chi connectivity index (χ1v) is 27.6. The van der Waals surface area contributed by atoms with Gasteiger partial charge >= 0.3 is 11.9 Å². The quantitative estimate of drug-likeness (QED) is 0.0205. The van der Waals surface area contributed by atoms with Crippen molar-refractivity contribution < 1.29 is 68.3 Å². The first-order chi connectivity index (χ1) is 38.3. The van der Waals surface area contributed by atoms with Gasteiger partial charge in [-0.3, -0.25) is 33.4 Å². The van der Waals surface area contributed by atoms with Crippen molar-refractivity contribution in [3.05, 3.63) is 110 Å². The van der Waals surface area contributed by atoms with E-state index < -0.39 is 71.9 Å². The number of amides is 6. The number of ether oxygens (including phenoxy) is 2. The third kappa shape index (κ3) is 21.9. The van der Waals surface area contributed by atoms with Crippen molar-refractivity contribution in [3.8, 4) is 11.5 Å². The molecule has 0 aliphatic heterocycles. The molecule has 80 heavy (non-hydrogen) atoms. The van der Waals surface area contributed by atoms with Crippen LogP contribution in [0.25, 0.3) is 0 Å². The fraction of sp³-hybridized carbons (Fsp3) is 0.434. The summed E-state index contributed by atoms with van der Waals surface area (Å²) in [4.78, 5) is 103. The predicted molar refractivity (Wildman–Crippen MR) is 298 cm³/mol. The molecule has 0 spiro atoms. The normalized spacial score (nSPS) is 12.3. The molecule has 0 radical (unpaired) electrons. The summed E-state index contributed by atoms with van der Waals surface area (Å²) >= 11 is 3.43. The van der Waals surface area contributed by atoms with Gasteiger partial charge in [-0.15, -0.1) is 15.3 Å². The van der Waals surface area contributed by atoms with Gasteiger partial charge in [0, 0.05) is 53.2 Å². The number of phenolic OH excluding ortho intramolecular Hbond substituents is 2.